The number of aliphatic hydroxyl groups is 2. The van der Waals surface area contributed by atoms with Gasteiger partial charge in [0.25, 0.3) is 0 Å². The quantitative estimate of drug-likeness (QED) is 0.0270. The van der Waals surface area contributed by atoms with Crippen LogP contribution in [0.3, 0.4) is 0 Å². The van der Waals surface area contributed by atoms with Gasteiger partial charge in [0.1, 0.15) is 66.5 Å². The van der Waals surface area contributed by atoms with E-state index >= 15 is 0 Å². The molecule has 0 aromatic heterocycles. The molecule has 0 unspecified atom stereocenters. The molecule has 520 valence electrons. The fourth-order valence-corrected chi connectivity index (χ4v) is 9.42. The van der Waals surface area contributed by atoms with Crippen molar-refractivity contribution in [2.45, 2.75) is 206 Å². The molecule has 21 N–H and O–H groups in total. The smallest absolute Gasteiger partial charge is 0.326 e. The second-order valence-electron chi connectivity index (χ2n) is 24.2. The van der Waals surface area contributed by atoms with Crippen LogP contribution in [-0.2, 0) is 76.7 Å². The molecule has 1 saturated heterocycles. The highest BCUT2D eigenvalue weighted by Gasteiger charge is 2.41. The van der Waals surface area contributed by atoms with Gasteiger partial charge in [0.2, 0.25) is 82.7 Å². The lowest BCUT2D eigenvalue weighted by Crippen LogP contribution is -2.60. The second-order valence-corrected chi connectivity index (χ2v) is 24.2. The predicted molar refractivity (Wildman–Crippen MR) is 325 cm³/mol. The molecule has 0 aromatic rings. The summed E-state index contributed by atoms with van der Waals surface area (Å²) < 4.78 is 0. The fourth-order valence-electron chi connectivity index (χ4n) is 9.42. The van der Waals surface area contributed by atoms with E-state index in [0.29, 0.717) is 6.42 Å². The molecule has 35 nitrogen and oxygen atoms in total. The summed E-state index contributed by atoms with van der Waals surface area (Å²) in [6.07, 6.45) is -2.37. The number of nitrogens with one attached hydrogen (secondary N) is 11. The molecule has 11 atom stereocenters. The van der Waals surface area contributed by atoms with Crippen LogP contribution in [0.2, 0.25) is 0 Å². The van der Waals surface area contributed by atoms with Crippen LogP contribution in [0.5, 0.6) is 0 Å². The van der Waals surface area contributed by atoms with Crippen LogP contribution in [0.15, 0.2) is 0 Å². The average Bonchev–Trinajstić information content (AvgIpc) is 1.61. The van der Waals surface area contributed by atoms with E-state index in [1.54, 1.807) is 55.4 Å². The molecule has 92 heavy (non-hydrogen) atoms. The number of nitrogens with two attached hydrogens (primary N) is 3. The Kier molecular flexibility index (Phi) is 36.3. The van der Waals surface area contributed by atoms with Crippen molar-refractivity contribution in [1.29, 1.82) is 0 Å². The molecule has 0 saturated carbocycles. The van der Waals surface area contributed by atoms with E-state index in [1.165, 1.54) is 11.8 Å². The molecule has 0 bridgehead atoms. The van der Waals surface area contributed by atoms with Crippen molar-refractivity contribution < 1.29 is 97.1 Å². The number of hydrogen-bond donors (Lipinski definition) is 18. The first kappa shape index (κ1) is 81.4. The number of carboxylic acid groups (broad SMARTS) is 2. The Morgan fingerprint density at radius 3 is 1.22 bits per heavy atom. The topological polar surface area (TPSA) is 568 Å². The number of aliphatic hydroxyl groups excluding tert-OH is 2. The summed E-state index contributed by atoms with van der Waals surface area (Å²) in [5.41, 5.74) is 15.9. The van der Waals surface area contributed by atoms with Crippen molar-refractivity contribution in [2.75, 3.05) is 32.8 Å². The van der Waals surface area contributed by atoms with Crippen LogP contribution in [-0.4, -0.2) is 219 Å². The maximum atomic E-state index is 14.3. The molecule has 1 rings (SSSR count). The number of carboxylic acids is 2. The van der Waals surface area contributed by atoms with Gasteiger partial charge in [0.15, 0.2) is 0 Å². The zero-order chi connectivity index (χ0) is 70.3. The first-order valence-electron chi connectivity index (χ1n) is 30.5. The van der Waals surface area contributed by atoms with Crippen molar-refractivity contribution in [3.05, 3.63) is 0 Å². The van der Waals surface area contributed by atoms with Gasteiger partial charge >= 0.3 is 11.9 Å². The number of nitrogens with zero attached hydrogens (tertiary/aromatic N) is 1. The Balaban J connectivity index is 3.28. The molecule has 0 aliphatic carbocycles. The van der Waals surface area contributed by atoms with Gasteiger partial charge in [-0.15, -0.1) is 0 Å². The number of carbonyl (C=O) groups excluding carboxylic acids is 14. The molecule has 1 heterocycles. The molecule has 14 amide bonds. The van der Waals surface area contributed by atoms with E-state index in [9.17, 15) is 97.1 Å². The summed E-state index contributed by atoms with van der Waals surface area (Å²) in [6, 6.07) is -16.0. The SMILES string of the molecule is CC(C)C[C@H](NC(=O)[C@H](C)NC(=O)[C@H](CC(C)C)NC(=O)[C@@H]1CCCN1C(=O)[C@H](CCC(N)=O)NC(=O)[C@H](CC(C)C)NC(=O)[C@H](CO)NC(=O)CN)C(=O)N[C@@H](CCC(=O)O)C(=O)NCC(=O)N[C@@H](CO)C(=O)N[C@@H](CC(C)C)C(=O)N[C@@H](CCC(N)=O)C(=O)O. The van der Waals surface area contributed by atoms with Crippen LogP contribution in [0.1, 0.15) is 139 Å². The maximum Gasteiger partial charge on any atom is 0.326 e. The lowest BCUT2D eigenvalue weighted by molar-refractivity contribution is -0.143. The Morgan fingerprint density at radius 1 is 0.435 bits per heavy atom. The number of amides is 14. The monoisotopic (exact) mass is 1310 g/mol. The predicted octanol–water partition coefficient (Wildman–Crippen LogP) is -6.43. The molecule has 1 aliphatic rings. The van der Waals surface area contributed by atoms with E-state index in [2.05, 4.69) is 58.5 Å². The number of likely N-dealkylation sites (tertiary alicyclic amines) is 1. The first-order valence-corrected chi connectivity index (χ1v) is 30.5. The molecular formula is C57H97N15O20. The third kappa shape index (κ3) is 30.5. The highest BCUT2D eigenvalue weighted by atomic mass is 16.4. The minimum Gasteiger partial charge on any atom is -0.481 e. The summed E-state index contributed by atoms with van der Waals surface area (Å²) in [5.74, 6) is -16.7. The molecule has 0 spiro atoms. The largest absolute Gasteiger partial charge is 0.481 e. The van der Waals surface area contributed by atoms with Crippen molar-refractivity contribution >= 4 is 94.6 Å². The highest BCUT2D eigenvalue weighted by Crippen LogP contribution is 2.21. The van der Waals surface area contributed by atoms with Crippen LogP contribution in [0.25, 0.3) is 0 Å². The van der Waals surface area contributed by atoms with E-state index in [1.807, 2.05) is 0 Å². The lowest BCUT2D eigenvalue weighted by atomic mass is 10.0. The van der Waals surface area contributed by atoms with Gasteiger partial charge in [-0.2, -0.15) is 0 Å². The van der Waals surface area contributed by atoms with Crippen molar-refractivity contribution in [1.82, 2.24) is 63.4 Å². The zero-order valence-corrected chi connectivity index (χ0v) is 53.7. The molecule has 1 fully saturated rings. The van der Waals surface area contributed by atoms with Gasteiger partial charge in [-0.05, 0) is 88.4 Å². The first-order chi connectivity index (χ1) is 42.9. The lowest BCUT2D eigenvalue weighted by Gasteiger charge is -2.31. The van der Waals surface area contributed by atoms with Crippen molar-refractivity contribution in [2.24, 2.45) is 40.9 Å². The summed E-state index contributed by atoms with van der Waals surface area (Å²) in [7, 11) is 0. The Labute approximate surface area is 533 Å². The highest BCUT2D eigenvalue weighted by molar-refractivity contribution is 5.99. The number of aliphatic carboxylic acids is 2. The van der Waals surface area contributed by atoms with E-state index < -0.39 is 207 Å². The van der Waals surface area contributed by atoms with Crippen LogP contribution in [0.4, 0.5) is 0 Å². The average molecular weight is 1310 g/mol. The second kappa shape index (κ2) is 41.0. The van der Waals surface area contributed by atoms with Gasteiger partial charge in [0, 0.05) is 25.8 Å². The van der Waals surface area contributed by atoms with Crippen LogP contribution in [0, 0.1) is 23.7 Å². The zero-order valence-electron chi connectivity index (χ0n) is 53.7. The van der Waals surface area contributed by atoms with Crippen LogP contribution < -0.4 is 75.7 Å². The minimum absolute atomic E-state index is 0.000265. The summed E-state index contributed by atoms with van der Waals surface area (Å²) >= 11 is 0. The molecular weight excluding hydrogens is 1210 g/mol. The summed E-state index contributed by atoms with van der Waals surface area (Å²) in [6.45, 7) is 11.7. The van der Waals surface area contributed by atoms with E-state index in [4.69, 9.17) is 17.2 Å². The third-order valence-electron chi connectivity index (χ3n) is 14.1. The number of rotatable bonds is 43. The van der Waals surface area contributed by atoms with Gasteiger partial charge < -0.3 is 101 Å². The summed E-state index contributed by atoms with van der Waals surface area (Å²) in [4.78, 5) is 210. The van der Waals surface area contributed by atoms with E-state index in [0.717, 1.165) is 0 Å². The molecule has 0 radical (unpaired) electrons. The van der Waals surface area contributed by atoms with Gasteiger partial charge in [0.05, 0.1) is 26.3 Å². The molecule has 0 aromatic carbocycles. The van der Waals surface area contributed by atoms with Gasteiger partial charge in [-0.3, -0.25) is 71.9 Å². The fraction of sp³-hybridized carbons (Fsp3) is 0.719. The Morgan fingerprint density at radius 2 is 0.804 bits per heavy atom. The Hall–Kier alpha value is -8.60. The van der Waals surface area contributed by atoms with Crippen LogP contribution >= 0.6 is 0 Å². The third-order valence-corrected chi connectivity index (χ3v) is 14.1. The standard InChI is InChI=1S/C57H97N15O20/c1-27(2)19-35(71-55(89)41-11-10-18-72(41)56(90)33(12-15-42(59)75)66-51(85)37(21-29(5)6)69-53(87)39(25-73)63-44(77)23-58)49(83)62-31(9)47(81)68-36(20-28(3)4)50(84)65-32(14-17-46(79)80)48(82)61-24-45(78)64-40(26-74)54(88)70-38(22-30(7)8)52(86)67-34(57(91)92)13-16-43(60)76/h27-41,73-74H,10-26,58H2,1-9H3,(H2,59,75)(H2,60,76)(H,61,82)(H,62,83)(H,63,77)(H,64,78)(H,65,84)(H,66,85)(H,67,86)(H,68,81)(H,69,87)(H,70,88)(H,71,89)(H,79,80)(H,91,92)/t31-,32-,33-,34-,35-,36-,37-,38-,39-,40-,41-/m0/s1. The minimum atomic E-state index is -1.73. The summed E-state index contributed by atoms with van der Waals surface area (Å²) in [5, 5.41) is 65.2. The van der Waals surface area contributed by atoms with Crippen molar-refractivity contribution in [3.63, 3.8) is 0 Å². The van der Waals surface area contributed by atoms with Gasteiger partial charge in [-0.25, -0.2) is 4.79 Å². The molecule has 35 heteroatoms. The number of primary amides is 2. The number of hydrogen-bond acceptors (Lipinski definition) is 19. The molecule has 1 aliphatic heterocycles. The van der Waals surface area contributed by atoms with Crippen molar-refractivity contribution in [3.8, 4) is 0 Å². The maximum absolute atomic E-state index is 14.3. The Bertz CT molecular complexity index is 2610. The van der Waals surface area contributed by atoms with Gasteiger partial charge in [-0.1, -0.05) is 55.4 Å². The number of carbonyl (C=O) groups is 16. The normalized spacial score (nSPS) is 16.1. The van der Waals surface area contributed by atoms with E-state index in [-0.39, 0.29) is 81.6 Å².